The van der Waals surface area contributed by atoms with Crippen molar-refractivity contribution < 1.29 is 8.81 Å². The Kier molecular flexibility index (Phi) is 3.49. The lowest BCUT2D eigenvalue weighted by Crippen LogP contribution is -2.05. The Morgan fingerprint density at radius 1 is 1.40 bits per heavy atom. The fourth-order valence-corrected chi connectivity index (χ4v) is 2.53. The van der Waals surface area contributed by atoms with Crippen molar-refractivity contribution in [1.29, 1.82) is 0 Å². The highest BCUT2D eigenvalue weighted by molar-refractivity contribution is 6.16. The molecule has 5 heteroatoms. The van der Waals surface area contributed by atoms with E-state index in [0.29, 0.717) is 23.5 Å². The highest BCUT2D eigenvalue weighted by Gasteiger charge is 2.12. The Morgan fingerprint density at radius 2 is 2.25 bits per heavy atom. The van der Waals surface area contributed by atoms with Gasteiger partial charge in [0, 0.05) is 19.0 Å². The summed E-state index contributed by atoms with van der Waals surface area (Å²) in [6.45, 7) is 2.45. The molecule has 0 unspecified atom stereocenters. The molecule has 0 aliphatic heterocycles. The maximum Gasteiger partial charge on any atom is 0.128 e. The van der Waals surface area contributed by atoms with Gasteiger partial charge in [-0.15, -0.1) is 11.6 Å². The lowest BCUT2D eigenvalue weighted by Gasteiger charge is -2.07. The second kappa shape index (κ2) is 5.29. The number of halogens is 2. The molecule has 0 N–H and O–H groups in total. The maximum atomic E-state index is 13.6. The van der Waals surface area contributed by atoms with E-state index >= 15 is 0 Å². The first-order valence-corrected chi connectivity index (χ1v) is 6.96. The van der Waals surface area contributed by atoms with Crippen LogP contribution in [0.25, 0.3) is 11.0 Å². The smallest absolute Gasteiger partial charge is 0.128 e. The fraction of sp³-hybridized carbons (Fsp3) is 0.267. The largest absolute Gasteiger partial charge is 0.469 e. The highest BCUT2D eigenvalue weighted by atomic mass is 35.5. The quantitative estimate of drug-likeness (QED) is 0.679. The molecule has 0 amide bonds. The first-order valence-electron chi connectivity index (χ1n) is 6.42. The topological polar surface area (TPSA) is 31.0 Å². The van der Waals surface area contributed by atoms with Crippen molar-refractivity contribution in [1.82, 2.24) is 9.55 Å². The van der Waals surface area contributed by atoms with Crippen LogP contribution in [0.2, 0.25) is 0 Å². The van der Waals surface area contributed by atoms with Gasteiger partial charge in [0.1, 0.15) is 17.4 Å². The summed E-state index contributed by atoms with van der Waals surface area (Å²) in [4.78, 5) is 4.39. The molecule has 1 aromatic carbocycles. The number of benzene rings is 1. The number of hydrogen-bond donors (Lipinski definition) is 0. The molecule has 0 saturated carbocycles. The third-order valence-corrected chi connectivity index (χ3v) is 3.63. The zero-order valence-electron chi connectivity index (χ0n) is 11.1. The average molecular weight is 293 g/mol. The molecule has 104 valence electrons. The summed E-state index contributed by atoms with van der Waals surface area (Å²) in [5.41, 5.74) is 2.16. The second-order valence-corrected chi connectivity index (χ2v) is 5.00. The van der Waals surface area contributed by atoms with E-state index < -0.39 is 0 Å². The van der Waals surface area contributed by atoms with Crippen molar-refractivity contribution in [2.45, 2.75) is 25.8 Å². The van der Waals surface area contributed by atoms with E-state index in [2.05, 4.69) is 4.98 Å². The Bertz CT molecular complexity index is 734. The Labute approximate surface area is 121 Å². The minimum absolute atomic E-state index is 0.241. The number of aromatic nitrogens is 2. The van der Waals surface area contributed by atoms with E-state index in [0.717, 1.165) is 23.5 Å². The predicted molar refractivity (Wildman–Crippen MR) is 76.4 cm³/mol. The Hall–Kier alpha value is -1.81. The van der Waals surface area contributed by atoms with Crippen LogP contribution in [-0.4, -0.2) is 9.55 Å². The summed E-state index contributed by atoms with van der Waals surface area (Å²) >= 11 is 5.94. The zero-order valence-corrected chi connectivity index (χ0v) is 11.8. The number of rotatable bonds is 4. The molecule has 0 bridgehead atoms. The predicted octanol–water partition coefficient (Wildman–Crippen LogP) is 4.06. The molecule has 0 aliphatic rings. The molecular weight excluding hydrogens is 279 g/mol. The molecule has 20 heavy (non-hydrogen) atoms. The van der Waals surface area contributed by atoms with Crippen LogP contribution in [0.5, 0.6) is 0 Å². The van der Waals surface area contributed by atoms with Gasteiger partial charge in [0.25, 0.3) is 0 Å². The Morgan fingerprint density at radius 3 is 2.95 bits per heavy atom. The van der Waals surface area contributed by atoms with Gasteiger partial charge < -0.3 is 8.98 Å². The molecule has 3 aromatic rings. The van der Waals surface area contributed by atoms with E-state index in [-0.39, 0.29) is 5.82 Å². The standard InChI is InChI=1S/C15H14ClFN2O/c1-10-7-14-13(8-12(10)17)18-15(9-16)19(14)5-4-11-3-2-6-20-11/h2-3,6-8H,4-5,9H2,1H3. The lowest BCUT2D eigenvalue weighted by molar-refractivity contribution is 0.491. The van der Waals surface area contributed by atoms with Crippen molar-refractivity contribution in [2.75, 3.05) is 0 Å². The van der Waals surface area contributed by atoms with Crippen molar-refractivity contribution >= 4 is 22.6 Å². The SMILES string of the molecule is Cc1cc2c(cc1F)nc(CCl)n2CCc1ccco1. The number of alkyl halides is 1. The van der Waals surface area contributed by atoms with Crippen molar-refractivity contribution in [2.24, 2.45) is 0 Å². The number of fused-ring (bicyclic) bond motifs is 1. The van der Waals surface area contributed by atoms with Crippen molar-refractivity contribution in [3.05, 3.63) is 53.5 Å². The van der Waals surface area contributed by atoms with Crippen LogP contribution >= 0.6 is 11.6 Å². The first-order chi connectivity index (χ1) is 9.69. The van der Waals surface area contributed by atoms with E-state index in [1.165, 1.54) is 6.07 Å². The summed E-state index contributed by atoms with van der Waals surface area (Å²) in [5.74, 6) is 1.71. The maximum absolute atomic E-state index is 13.6. The van der Waals surface area contributed by atoms with Crippen LogP contribution < -0.4 is 0 Å². The third-order valence-electron chi connectivity index (χ3n) is 3.39. The molecule has 2 aromatic heterocycles. The molecule has 0 saturated heterocycles. The van der Waals surface area contributed by atoms with E-state index in [1.54, 1.807) is 13.2 Å². The number of imidazole rings is 1. The molecule has 0 atom stereocenters. The van der Waals surface area contributed by atoms with Gasteiger partial charge in [0.15, 0.2) is 0 Å². The van der Waals surface area contributed by atoms with E-state index in [1.807, 2.05) is 22.8 Å². The van der Waals surface area contributed by atoms with Crippen molar-refractivity contribution in [3.8, 4) is 0 Å². The summed E-state index contributed by atoms with van der Waals surface area (Å²) < 4.78 is 21.0. The summed E-state index contributed by atoms with van der Waals surface area (Å²) in [5, 5.41) is 0. The second-order valence-electron chi connectivity index (χ2n) is 4.73. The van der Waals surface area contributed by atoms with Crippen LogP contribution in [0.1, 0.15) is 17.1 Å². The molecule has 0 fully saturated rings. The van der Waals surface area contributed by atoms with Gasteiger partial charge in [0.05, 0.1) is 23.2 Å². The lowest BCUT2D eigenvalue weighted by atomic mass is 10.2. The van der Waals surface area contributed by atoms with Gasteiger partial charge in [-0.25, -0.2) is 9.37 Å². The van der Waals surface area contributed by atoms with Crippen LogP contribution in [0.15, 0.2) is 34.9 Å². The molecule has 3 nitrogen and oxygen atoms in total. The molecule has 2 heterocycles. The fourth-order valence-electron chi connectivity index (χ4n) is 2.33. The van der Waals surface area contributed by atoms with E-state index in [4.69, 9.17) is 16.0 Å². The first kappa shape index (κ1) is 13.2. The third kappa shape index (κ3) is 2.31. The molecule has 0 aliphatic carbocycles. The van der Waals surface area contributed by atoms with Gasteiger partial charge in [-0.05, 0) is 30.7 Å². The number of nitrogens with zero attached hydrogens (tertiary/aromatic N) is 2. The molecule has 3 rings (SSSR count). The van der Waals surface area contributed by atoms with E-state index in [9.17, 15) is 4.39 Å². The number of furan rings is 1. The van der Waals surface area contributed by atoms with Gasteiger partial charge in [0.2, 0.25) is 0 Å². The van der Waals surface area contributed by atoms with Crippen LogP contribution in [0, 0.1) is 12.7 Å². The summed E-state index contributed by atoms with van der Waals surface area (Å²) in [6.07, 6.45) is 2.40. The minimum Gasteiger partial charge on any atom is -0.469 e. The summed E-state index contributed by atoms with van der Waals surface area (Å²) in [6, 6.07) is 7.08. The monoisotopic (exact) mass is 292 g/mol. The minimum atomic E-state index is -0.241. The average Bonchev–Trinajstić information content (AvgIpc) is 3.05. The highest BCUT2D eigenvalue weighted by Crippen LogP contribution is 2.22. The molecular formula is C15H14ClFN2O. The van der Waals surface area contributed by atoms with Crippen molar-refractivity contribution in [3.63, 3.8) is 0 Å². The van der Waals surface area contributed by atoms with Gasteiger partial charge >= 0.3 is 0 Å². The number of aryl methyl sites for hydroxylation is 3. The van der Waals surface area contributed by atoms with Crippen LogP contribution in [0.3, 0.4) is 0 Å². The number of hydrogen-bond acceptors (Lipinski definition) is 2. The Balaban J connectivity index is 2.01. The van der Waals surface area contributed by atoms with Crippen LogP contribution in [-0.2, 0) is 18.8 Å². The summed E-state index contributed by atoms with van der Waals surface area (Å²) in [7, 11) is 0. The molecule has 0 spiro atoms. The van der Waals surface area contributed by atoms with Crippen LogP contribution in [0.4, 0.5) is 4.39 Å². The van der Waals surface area contributed by atoms with Gasteiger partial charge in [-0.2, -0.15) is 0 Å². The zero-order chi connectivity index (χ0) is 14.1. The van der Waals surface area contributed by atoms with Gasteiger partial charge in [-0.1, -0.05) is 0 Å². The van der Waals surface area contributed by atoms with Gasteiger partial charge in [-0.3, -0.25) is 0 Å². The molecule has 0 radical (unpaired) electrons. The normalized spacial score (nSPS) is 11.3.